The second-order valence-corrected chi connectivity index (χ2v) is 1.29. The lowest BCUT2D eigenvalue weighted by Gasteiger charge is -1.92. The number of nitrogens with one attached hydrogen (secondary N) is 1. The minimum Gasteiger partial charge on any atom is -0.391 e. The van der Waals surface area contributed by atoms with Gasteiger partial charge in [-0.1, -0.05) is 4.90 Å². The summed E-state index contributed by atoms with van der Waals surface area (Å²) in [5, 5.41) is 24.0. The van der Waals surface area contributed by atoms with Crippen LogP contribution in [-0.2, 0) is 0 Å². The molecule has 0 aliphatic carbocycles. The van der Waals surface area contributed by atoms with Crippen LogP contribution in [0.3, 0.4) is 0 Å². The van der Waals surface area contributed by atoms with E-state index >= 15 is 0 Å². The summed E-state index contributed by atoms with van der Waals surface area (Å²) in [5.74, 6) is 0.0949. The second kappa shape index (κ2) is 2.31. The summed E-state index contributed by atoms with van der Waals surface area (Å²) in [7, 11) is 0. The Kier molecular flexibility index (Phi) is 1.50. The van der Waals surface area contributed by atoms with E-state index in [1.807, 2.05) is 0 Å². The maximum absolute atomic E-state index is 10.3. The summed E-state index contributed by atoms with van der Waals surface area (Å²) >= 11 is 0. The second-order valence-electron chi connectivity index (χ2n) is 1.29. The molecular formula is C3H5N3O3. The van der Waals surface area contributed by atoms with Crippen molar-refractivity contribution >= 4 is 5.82 Å². The lowest BCUT2D eigenvalue weighted by Crippen LogP contribution is -2.27. The van der Waals surface area contributed by atoms with Gasteiger partial charge < -0.3 is 14.9 Å². The maximum Gasteiger partial charge on any atom is 0.296 e. The summed E-state index contributed by atoms with van der Waals surface area (Å²) in [5.41, 5.74) is 0. The Morgan fingerprint density at radius 3 is 3.22 bits per heavy atom. The minimum atomic E-state index is -0.316. The Labute approximate surface area is 50.2 Å². The van der Waals surface area contributed by atoms with Gasteiger partial charge >= 0.3 is 0 Å². The van der Waals surface area contributed by atoms with Crippen molar-refractivity contribution in [2.24, 2.45) is 0 Å². The monoisotopic (exact) mass is 131 g/mol. The van der Waals surface area contributed by atoms with Gasteiger partial charge in [0.25, 0.3) is 5.82 Å². The van der Waals surface area contributed by atoms with Crippen LogP contribution < -0.4 is 10.2 Å². The first-order valence-electron chi connectivity index (χ1n) is 2.24. The van der Waals surface area contributed by atoms with Crippen LogP contribution in [0, 0.1) is 5.21 Å². The fourth-order valence-electron chi connectivity index (χ4n) is 0.399. The molecule has 1 rings (SSSR count). The van der Waals surface area contributed by atoms with Crippen molar-refractivity contribution in [2.75, 3.05) is 12.0 Å². The standard InChI is InChI=1S/C3H5N3O3/c7-2-4-3-1-5-9-6(3)8/h1,4,7H,2H2. The summed E-state index contributed by atoms with van der Waals surface area (Å²) in [6, 6.07) is 0. The van der Waals surface area contributed by atoms with E-state index in [1.54, 1.807) is 0 Å². The van der Waals surface area contributed by atoms with Crippen molar-refractivity contribution in [1.82, 2.24) is 5.16 Å². The first-order valence-corrected chi connectivity index (χ1v) is 2.24. The third-order valence-electron chi connectivity index (χ3n) is 0.753. The van der Waals surface area contributed by atoms with Crippen LogP contribution in [0.4, 0.5) is 5.82 Å². The molecule has 0 aliphatic rings. The molecule has 0 saturated carbocycles. The van der Waals surface area contributed by atoms with Gasteiger partial charge in [0.1, 0.15) is 0 Å². The first kappa shape index (κ1) is 5.83. The predicted molar refractivity (Wildman–Crippen MR) is 26.2 cm³/mol. The molecule has 0 amide bonds. The Balaban J connectivity index is 2.69. The van der Waals surface area contributed by atoms with E-state index in [-0.39, 0.29) is 17.5 Å². The molecule has 0 atom stereocenters. The van der Waals surface area contributed by atoms with Gasteiger partial charge in [-0.2, -0.15) is 0 Å². The summed E-state index contributed by atoms with van der Waals surface area (Å²) in [6.45, 7) is -0.316. The quantitative estimate of drug-likeness (QED) is 0.383. The molecule has 0 spiro atoms. The van der Waals surface area contributed by atoms with Crippen LogP contribution in [0.2, 0.25) is 0 Å². The zero-order valence-corrected chi connectivity index (χ0v) is 4.44. The average Bonchev–Trinajstić information content (AvgIpc) is 2.18. The number of aromatic nitrogens is 2. The number of hydrogen-bond donors (Lipinski definition) is 2. The Morgan fingerprint density at radius 2 is 2.78 bits per heavy atom. The minimum absolute atomic E-state index is 0.0949. The van der Waals surface area contributed by atoms with Crippen molar-refractivity contribution in [1.29, 1.82) is 0 Å². The average molecular weight is 131 g/mol. The fourth-order valence-corrected chi connectivity index (χ4v) is 0.399. The first-order chi connectivity index (χ1) is 4.34. The lowest BCUT2D eigenvalue weighted by atomic mass is 10.7. The highest BCUT2D eigenvalue weighted by atomic mass is 16.8. The number of aliphatic hydroxyl groups excluding tert-OH is 1. The van der Waals surface area contributed by atoms with Crippen LogP contribution in [0.5, 0.6) is 0 Å². The molecule has 0 saturated heterocycles. The molecule has 0 unspecified atom stereocenters. The van der Waals surface area contributed by atoms with Gasteiger partial charge in [0.05, 0.1) is 0 Å². The van der Waals surface area contributed by atoms with E-state index in [9.17, 15) is 5.21 Å². The third kappa shape index (κ3) is 1.08. The SMILES string of the molecule is [O-][n+]1oncc1NCO. The summed E-state index contributed by atoms with van der Waals surface area (Å²) in [4.78, 5) is 0.163. The van der Waals surface area contributed by atoms with Gasteiger partial charge in [0.15, 0.2) is 12.9 Å². The van der Waals surface area contributed by atoms with E-state index in [0.29, 0.717) is 0 Å². The van der Waals surface area contributed by atoms with Gasteiger partial charge in [-0.25, -0.2) is 0 Å². The Bertz CT molecular complexity index is 186. The molecule has 0 radical (unpaired) electrons. The highest BCUT2D eigenvalue weighted by molar-refractivity contribution is 5.21. The van der Waals surface area contributed by atoms with Crippen LogP contribution in [0.15, 0.2) is 10.8 Å². The van der Waals surface area contributed by atoms with Crippen molar-refractivity contribution in [3.8, 4) is 0 Å². The maximum atomic E-state index is 10.3. The van der Waals surface area contributed by atoms with Crippen LogP contribution >= 0.6 is 0 Å². The molecule has 0 bridgehead atoms. The van der Waals surface area contributed by atoms with Crippen molar-refractivity contribution < 1.29 is 14.6 Å². The van der Waals surface area contributed by atoms with Crippen LogP contribution in [0.25, 0.3) is 0 Å². The molecule has 2 N–H and O–H groups in total. The lowest BCUT2D eigenvalue weighted by molar-refractivity contribution is -0.791. The number of aliphatic hydroxyl groups is 1. The molecule has 0 aliphatic heterocycles. The highest BCUT2D eigenvalue weighted by Crippen LogP contribution is 1.91. The molecule has 1 aromatic rings. The van der Waals surface area contributed by atoms with Gasteiger partial charge in [0, 0.05) is 0 Å². The Morgan fingerprint density at radius 1 is 2.00 bits per heavy atom. The predicted octanol–water partition coefficient (Wildman–Crippen LogP) is -1.33. The van der Waals surface area contributed by atoms with Crippen molar-refractivity contribution in [3.05, 3.63) is 11.4 Å². The van der Waals surface area contributed by atoms with Gasteiger partial charge in [-0.3, -0.25) is 5.32 Å². The number of anilines is 1. The number of rotatable bonds is 2. The topological polar surface area (TPSA) is 85.2 Å². The molecule has 0 aromatic carbocycles. The molecule has 9 heavy (non-hydrogen) atoms. The molecule has 1 heterocycles. The molecule has 0 fully saturated rings. The molecule has 1 aromatic heterocycles. The smallest absolute Gasteiger partial charge is 0.296 e. The van der Waals surface area contributed by atoms with Crippen LogP contribution in [0.1, 0.15) is 0 Å². The summed E-state index contributed by atoms with van der Waals surface area (Å²) < 4.78 is 4.05. The largest absolute Gasteiger partial charge is 0.391 e. The van der Waals surface area contributed by atoms with Gasteiger partial charge in [-0.15, -0.1) is 0 Å². The van der Waals surface area contributed by atoms with E-state index in [1.165, 1.54) is 6.20 Å². The zero-order chi connectivity index (χ0) is 6.69. The molecular weight excluding hydrogens is 126 g/mol. The van der Waals surface area contributed by atoms with E-state index in [0.717, 1.165) is 0 Å². The van der Waals surface area contributed by atoms with Crippen molar-refractivity contribution in [3.63, 3.8) is 0 Å². The molecule has 6 heteroatoms. The molecule has 50 valence electrons. The highest BCUT2D eigenvalue weighted by Gasteiger charge is 2.01. The normalized spacial score (nSPS) is 9.44. The fraction of sp³-hybridized carbons (Fsp3) is 0.333. The zero-order valence-electron chi connectivity index (χ0n) is 4.44. The Hall–Kier alpha value is -1.30. The third-order valence-corrected chi connectivity index (χ3v) is 0.753. The van der Waals surface area contributed by atoms with E-state index in [4.69, 9.17) is 5.11 Å². The van der Waals surface area contributed by atoms with E-state index in [2.05, 4.69) is 15.1 Å². The number of hydrogen-bond acceptors (Lipinski definition) is 5. The summed E-state index contributed by atoms with van der Waals surface area (Å²) in [6.07, 6.45) is 1.17. The number of nitrogens with zero attached hydrogens (tertiary/aromatic N) is 2. The van der Waals surface area contributed by atoms with Gasteiger partial charge in [0.2, 0.25) is 0 Å². The van der Waals surface area contributed by atoms with Crippen molar-refractivity contribution in [2.45, 2.75) is 0 Å². The van der Waals surface area contributed by atoms with E-state index < -0.39 is 0 Å². The van der Waals surface area contributed by atoms with Crippen LogP contribution in [-0.4, -0.2) is 17.0 Å². The molecule has 6 nitrogen and oxygen atoms in total. The van der Waals surface area contributed by atoms with Gasteiger partial charge in [-0.05, 0) is 5.16 Å².